The zero-order valence-electron chi connectivity index (χ0n) is 6.26. The summed E-state index contributed by atoms with van der Waals surface area (Å²) in [4.78, 5) is 0. The molecule has 1 aliphatic heterocycles. The maximum Gasteiger partial charge on any atom is 0.0853 e. The van der Waals surface area contributed by atoms with Crippen LogP contribution in [0.15, 0.2) is 18.4 Å². The molecule has 0 fully saturated rings. The molecule has 2 heteroatoms. The van der Waals surface area contributed by atoms with E-state index < -0.39 is 11.6 Å². The Morgan fingerprint density at radius 3 is 2.70 bits per heavy atom. The molecule has 0 bridgehead atoms. The van der Waals surface area contributed by atoms with Gasteiger partial charge in [0.2, 0.25) is 0 Å². The van der Waals surface area contributed by atoms with Crippen molar-refractivity contribution in [3.63, 3.8) is 0 Å². The van der Waals surface area contributed by atoms with Crippen molar-refractivity contribution in [1.29, 1.82) is 0 Å². The third kappa shape index (κ3) is 1.21. The van der Waals surface area contributed by atoms with Gasteiger partial charge in [-0.25, -0.2) is 0 Å². The van der Waals surface area contributed by atoms with E-state index in [9.17, 15) is 5.11 Å². The molecule has 0 aromatic carbocycles. The van der Waals surface area contributed by atoms with Gasteiger partial charge in [-0.2, -0.15) is 0 Å². The molecule has 2 N–H and O–H groups in total. The predicted octanol–water partition coefficient (Wildman–Crippen LogP) is 0.602. The summed E-state index contributed by atoms with van der Waals surface area (Å²) in [5.41, 5.74) is -0.408. The van der Waals surface area contributed by atoms with Crippen LogP contribution in [0.2, 0.25) is 0 Å². The Hall–Kier alpha value is -0.760. The lowest BCUT2D eigenvalue weighted by molar-refractivity contribution is 0.117. The monoisotopic (exact) mass is 138 g/mol. The van der Waals surface area contributed by atoms with Crippen LogP contribution in [0, 0.1) is 6.08 Å². The van der Waals surface area contributed by atoms with Gasteiger partial charge in [-0.1, -0.05) is 6.08 Å². The molecule has 0 spiro atoms. The van der Waals surface area contributed by atoms with Gasteiger partial charge in [0.05, 0.1) is 11.6 Å². The molecule has 2 atom stereocenters. The third-order valence-electron chi connectivity index (χ3n) is 1.79. The van der Waals surface area contributed by atoms with Crippen LogP contribution in [0.4, 0.5) is 0 Å². The molecule has 10 heavy (non-hydrogen) atoms. The summed E-state index contributed by atoms with van der Waals surface area (Å²) in [6.45, 7) is 3.64. The van der Waals surface area contributed by atoms with Crippen molar-refractivity contribution in [1.82, 2.24) is 5.32 Å². The zero-order chi connectivity index (χ0) is 7.61. The Morgan fingerprint density at radius 1 is 1.70 bits per heavy atom. The molecule has 1 rings (SSSR count). The normalized spacial score (nSPS) is 33.5. The summed E-state index contributed by atoms with van der Waals surface area (Å²) >= 11 is 0. The minimum atomic E-state index is -0.423. The average molecular weight is 138 g/mol. The van der Waals surface area contributed by atoms with Crippen molar-refractivity contribution in [2.24, 2.45) is 0 Å². The van der Waals surface area contributed by atoms with Gasteiger partial charge < -0.3 is 10.4 Å². The number of rotatable bonds is 1. The van der Waals surface area contributed by atoms with Crippen LogP contribution in [0.3, 0.4) is 0 Å². The topological polar surface area (TPSA) is 32.3 Å². The average Bonchev–Trinajstić information content (AvgIpc) is 1.89. The van der Waals surface area contributed by atoms with Gasteiger partial charge in [0.1, 0.15) is 0 Å². The van der Waals surface area contributed by atoms with E-state index in [1.165, 1.54) is 0 Å². The zero-order valence-corrected chi connectivity index (χ0v) is 6.26. The summed E-state index contributed by atoms with van der Waals surface area (Å²) in [5.74, 6) is 0. The fourth-order valence-corrected chi connectivity index (χ4v) is 0.773. The van der Waals surface area contributed by atoms with E-state index in [0.717, 1.165) is 0 Å². The Balaban J connectivity index is 2.70. The fraction of sp³-hybridized carbons (Fsp3) is 0.500. The lowest BCUT2D eigenvalue weighted by atomic mass is 9.94. The van der Waals surface area contributed by atoms with E-state index in [0.29, 0.717) is 0 Å². The molecule has 0 saturated carbocycles. The van der Waals surface area contributed by atoms with E-state index in [2.05, 4.69) is 11.4 Å². The van der Waals surface area contributed by atoms with Gasteiger partial charge >= 0.3 is 0 Å². The van der Waals surface area contributed by atoms with Crippen LogP contribution in [0.25, 0.3) is 0 Å². The Bertz CT molecular complexity index is 172. The minimum absolute atomic E-state index is 0.408. The highest BCUT2D eigenvalue weighted by Crippen LogP contribution is 2.13. The number of hydrogen-bond donors (Lipinski definition) is 2. The van der Waals surface area contributed by atoms with Crippen molar-refractivity contribution in [2.75, 3.05) is 0 Å². The molecular formula is C8H12NO. The molecule has 2 unspecified atom stereocenters. The van der Waals surface area contributed by atoms with Gasteiger partial charge in [-0.3, -0.25) is 0 Å². The van der Waals surface area contributed by atoms with Crippen molar-refractivity contribution < 1.29 is 5.11 Å². The number of allylic oxidation sites excluding steroid dienone is 2. The number of nitrogens with one attached hydrogen (secondary N) is 1. The van der Waals surface area contributed by atoms with Crippen molar-refractivity contribution in [3.8, 4) is 0 Å². The van der Waals surface area contributed by atoms with Crippen molar-refractivity contribution >= 4 is 0 Å². The fourth-order valence-electron chi connectivity index (χ4n) is 0.773. The van der Waals surface area contributed by atoms with Crippen LogP contribution in [0.1, 0.15) is 13.8 Å². The third-order valence-corrected chi connectivity index (χ3v) is 1.79. The van der Waals surface area contributed by atoms with Crippen LogP contribution >= 0.6 is 0 Å². The molecule has 0 aromatic heterocycles. The minimum Gasteiger partial charge on any atom is -0.391 e. The molecule has 1 heterocycles. The molecule has 55 valence electrons. The van der Waals surface area contributed by atoms with E-state index in [1.807, 2.05) is 25.3 Å². The van der Waals surface area contributed by atoms with Crippen LogP contribution < -0.4 is 5.32 Å². The molecular weight excluding hydrogens is 126 g/mol. The van der Waals surface area contributed by atoms with Crippen LogP contribution in [-0.2, 0) is 0 Å². The quantitative estimate of drug-likeness (QED) is 0.556. The summed E-state index contributed by atoms with van der Waals surface area (Å²) in [6, 6.07) is 0. The molecule has 1 aliphatic rings. The number of aliphatic hydroxyl groups is 1. The summed E-state index contributed by atoms with van der Waals surface area (Å²) in [6.07, 6.45) is 8.07. The summed E-state index contributed by atoms with van der Waals surface area (Å²) in [7, 11) is 0. The van der Waals surface area contributed by atoms with Gasteiger partial charge in [0.15, 0.2) is 0 Å². The second-order valence-corrected chi connectivity index (χ2v) is 2.69. The Kier molecular flexibility index (Phi) is 1.81. The summed E-state index contributed by atoms with van der Waals surface area (Å²) in [5, 5.41) is 12.3. The second kappa shape index (κ2) is 2.46. The van der Waals surface area contributed by atoms with Crippen molar-refractivity contribution in [2.45, 2.75) is 25.5 Å². The Morgan fingerprint density at radius 2 is 2.40 bits per heavy atom. The van der Waals surface area contributed by atoms with E-state index in [4.69, 9.17) is 0 Å². The maximum absolute atomic E-state index is 9.26. The Labute approximate surface area is 61.3 Å². The lowest BCUT2D eigenvalue weighted by Crippen LogP contribution is -2.47. The predicted molar refractivity (Wildman–Crippen MR) is 40.2 cm³/mol. The SMILES string of the molecule is CC(O)C1(C)[C]=CC=CN1. The van der Waals surface area contributed by atoms with Crippen LogP contribution in [0.5, 0.6) is 0 Å². The number of aliphatic hydroxyl groups excluding tert-OH is 1. The van der Waals surface area contributed by atoms with E-state index in [1.54, 1.807) is 6.92 Å². The van der Waals surface area contributed by atoms with Gasteiger partial charge in [-0.15, -0.1) is 0 Å². The standard InChI is InChI=1S/C8H12NO/c1-7(10)8(2)5-3-4-6-9-8/h3-4,6-7,9-10H,1-2H3. The largest absolute Gasteiger partial charge is 0.391 e. The highest BCUT2D eigenvalue weighted by molar-refractivity contribution is 5.14. The highest BCUT2D eigenvalue weighted by atomic mass is 16.3. The molecule has 0 aliphatic carbocycles. The first-order chi connectivity index (χ1) is 4.65. The second-order valence-electron chi connectivity index (χ2n) is 2.69. The van der Waals surface area contributed by atoms with Crippen LogP contribution in [-0.4, -0.2) is 16.7 Å². The molecule has 1 radical (unpaired) electrons. The molecule has 2 nitrogen and oxygen atoms in total. The first-order valence-corrected chi connectivity index (χ1v) is 3.37. The van der Waals surface area contributed by atoms with Gasteiger partial charge in [0, 0.05) is 0 Å². The van der Waals surface area contributed by atoms with Gasteiger partial charge in [-0.05, 0) is 32.2 Å². The first kappa shape index (κ1) is 7.35. The smallest absolute Gasteiger partial charge is 0.0853 e. The highest BCUT2D eigenvalue weighted by Gasteiger charge is 2.26. The van der Waals surface area contributed by atoms with Crippen molar-refractivity contribution in [3.05, 3.63) is 24.4 Å². The maximum atomic E-state index is 9.26. The number of hydrogen-bond acceptors (Lipinski definition) is 2. The molecule has 0 aromatic rings. The molecule has 0 amide bonds. The van der Waals surface area contributed by atoms with E-state index in [-0.39, 0.29) is 0 Å². The lowest BCUT2D eigenvalue weighted by Gasteiger charge is -2.30. The molecule has 0 saturated heterocycles. The van der Waals surface area contributed by atoms with E-state index >= 15 is 0 Å². The first-order valence-electron chi connectivity index (χ1n) is 3.37. The van der Waals surface area contributed by atoms with Gasteiger partial charge in [0.25, 0.3) is 0 Å². The number of dihydropyridines is 1. The summed E-state index contributed by atoms with van der Waals surface area (Å²) < 4.78 is 0.